The number of carbonyl (C=O) groups is 1. The van der Waals surface area contributed by atoms with Gasteiger partial charge >= 0.3 is 0 Å². The van der Waals surface area contributed by atoms with Crippen LogP contribution < -0.4 is 15.4 Å². The normalized spacial score (nSPS) is 10.6. The van der Waals surface area contributed by atoms with Crippen LogP contribution in [0.1, 0.15) is 25.8 Å². The van der Waals surface area contributed by atoms with Crippen LogP contribution in [0.15, 0.2) is 24.3 Å². The predicted molar refractivity (Wildman–Crippen MR) is 82.0 cm³/mol. The molecule has 0 aliphatic rings. The molecule has 1 aromatic rings. The van der Waals surface area contributed by atoms with Gasteiger partial charge in [-0.25, -0.2) is 0 Å². The van der Waals surface area contributed by atoms with Crippen molar-refractivity contribution in [1.29, 1.82) is 0 Å². The maximum Gasteiger partial charge on any atom is 0.233 e. The van der Waals surface area contributed by atoms with Crippen LogP contribution in [-0.2, 0) is 4.79 Å². The quantitative estimate of drug-likeness (QED) is 0.680. The molecular formula is C16H26N2O2. The van der Waals surface area contributed by atoms with Crippen molar-refractivity contribution in [3.8, 4) is 5.75 Å². The fourth-order valence-electron chi connectivity index (χ4n) is 1.71. The van der Waals surface area contributed by atoms with Crippen LogP contribution >= 0.6 is 0 Å². The van der Waals surface area contributed by atoms with E-state index in [0.29, 0.717) is 25.6 Å². The van der Waals surface area contributed by atoms with E-state index in [1.807, 2.05) is 31.2 Å². The van der Waals surface area contributed by atoms with Gasteiger partial charge in [-0.3, -0.25) is 4.79 Å². The average molecular weight is 278 g/mol. The van der Waals surface area contributed by atoms with Crippen molar-refractivity contribution in [2.75, 3.05) is 26.2 Å². The Morgan fingerprint density at radius 3 is 2.80 bits per heavy atom. The zero-order valence-corrected chi connectivity index (χ0v) is 12.7. The molecule has 0 bridgehead atoms. The van der Waals surface area contributed by atoms with Gasteiger partial charge in [0, 0.05) is 13.1 Å². The SMILES string of the molecule is Cc1cccc(OCCNCC(=O)NCCC(C)C)c1. The molecule has 0 aliphatic carbocycles. The topological polar surface area (TPSA) is 50.4 Å². The molecule has 0 spiro atoms. The van der Waals surface area contributed by atoms with E-state index in [0.717, 1.165) is 18.7 Å². The summed E-state index contributed by atoms with van der Waals surface area (Å²) in [6.07, 6.45) is 1.02. The zero-order valence-electron chi connectivity index (χ0n) is 12.7. The Balaban J connectivity index is 2.03. The van der Waals surface area contributed by atoms with Gasteiger partial charge < -0.3 is 15.4 Å². The standard InChI is InChI=1S/C16H26N2O2/c1-13(2)7-8-18-16(19)12-17-9-10-20-15-6-4-5-14(3)11-15/h4-6,11,13,17H,7-10,12H2,1-3H3,(H,18,19). The van der Waals surface area contributed by atoms with Crippen molar-refractivity contribution in [2.24, 2.45) is 5.92 Å². The van der Waals surface area contributed by atoms with Crippen LogP contribution in [0.5, 0.6) is 5.75 Å². The summed E-state index contributed by atoms with van der Waals surface area (Å²) in [5.41, 5.74) is 1.18. The van der Waals surface area contributed by atoms with Crippen molar-refractivity contribution in [3.63, 3.8) is 0 Å². The highest BCUT2D eigenvalue weighted by atomic mass is 16.5. The number of amides is 1. The molecule has 1 rings (SSSR count). The first kappa shape index (κ1) is 16.5. The fourth-order valence-corrected chi connectivity index (χ4v) is 1.71. The third-order valence-corrected chi connectivity index (χ3v) is 2.87. The fraction of sp³-hybridized carbons (Fsp3) is 0.562. The molecule has 1 aromatic carbocycles. The van der Waals surface area contributed by atoms with Crippen LogP contribution in [0.3, 0.4) is 0 Å². The minimum Gasteiger partial charge on any atom is -0.492 e. The minimum atomic E-state index is 0.0428. The maximum atomic E-state index is 11.5. The van der Waals surface area contributed by atoms with Crippen LogP contribution in [0, 0.1) is 12.8 Å². The number of benzene rings is 1. The van der Waals surface area contributed by atoms with Gasteiger partial charge in [0.15, 0.2) is 0 Å². The molecular weight excluding hydrogens is 252 g/mol. The monoisotopic (exact) mass is 278 g/mol. The Kier molecular flexibility index (Phi) is 7.73. The van der Waals surface area contributed by atoms with Crippen molar-refractivity contribution in [2.45, 2.75) is 27.2 Å². The lowest BCUT2D eigenvalue weighted by atomic mass is 10.1. The third-order valence-electron chi connectivity index (χ3n) is 2.87. The number of hydrogen-bond donors (Lipinski definition) is 2. The number of aryl methyl sites for hydroxylation is 1. The molecule has 0 saturated heterocycles. The number of carbonyl (C=O) groups excluding carboxylic acids is 1. The summed E-state index contributed by atoms with van der Waals surface area (Å²) in [4.78, 5) is 11.5. The van der Waals surface area contributed by atoms with Gasteiger partial charge in [0.25, 0.3) is 0 Å². The molecule has 0 atom stereocenters. The molecule has 0 aromatic heterocycles. The summed E-state index contributed by atoms with van der Waals surface area (Å²) in [6.45, 7) is 8.63. The maximum absolute atomic E-state index is 11.5. The Labute approximate surface area is 121 Å². The van der Waals surface area contributed by atoms with Crippen LogP contribution in [0.4, 0.5) is 0 Å². The summed E-state index contributed by atoms with van der Waals surface area (Å²) < 4.78 is 5.59. The summed E-state index contributed by atoms with van der Waals surface area (Å²) in [5.74, 6) is 1.53. The zero-order chi connectivity index (χ0) is 14.8. The van der Waals surface area contributed by atoms with Gasteiger partial charge in [0.2, 0.25) is 5.91 Å². The molecule has 20 heavy (non-hydrogen) atoms. The molecule has 112 valence electrons. The van der Waals surface area contributed by atoms with E-state index in [9.17, 15) is 4.79 Å². The Bertz CT molecular complexity index is 405. The average Bonchev–Trinajstić information content (AvgIpc) is 2.38. The highest BCUT2D eigenvalue weighted by Crippen LogP contribution is 2.11. The number of rotatable bonds is 9. The van der Waals surface area contributed by atoms with Crippen molar-refractivity contribution in [1.82, 2.24) is 10.6 Å². The van der Waals surface area contributed by atoms with E-state index in [1.165, 1.54) is 5.56 Å². The summed E-state index contributed by atoms with van der Waals surface area (Å²) >= 11 is 0. The van der Waals surface area contributed by atoms with Gasteiger partial charge in [-0.2, -0.15) is 0 Å². The molecule has 0 unspecified atom stereocenters. The molecule has 0 fully saturated rings. The van der Waals surface area contributed by atoms with E-state index in [-0.39, 0.29) is 5.91 Å². The number of nitrogens with one attached hydrogen (secondary N) is 2. The molecule has 0 radical (unpaired) electrons. The Morgan fingerprint density at radius 2 is 2.10 bits per heavy atom. The molecule has 0 heterocycles. The van der Waals surface area contributed by atoms with Gasteiger partial charge in [0.05, 0.1) is 6.54 Å². The highest BCUT2D eigenvalue weighted by Gasteiger charge is 2.01. The van der Waals surface area contributed by atoms with Crippen LogP contribution in [-0.4, -0.2) is 32.1 Å². The van der Waals surface area contributed by atoms with Gasteiger partial charge in [-0.1, -0.05) is 26.0 Å². The molecule has 4 heteroatoms. The third kappa shape index (κ3) is 7.79. The predicted octanol–water partition coefficient (Wildman–Crippen LogP) is 2.13. The lowest BCUT2D eigenvalue weighted by molar-refractivity contribution is -0.120. The molecule has 0 aliphatic heterocycles. The first-order valence-corrected chi connectivity index (χ1v) is 7.25. The summed E-state index contributed by atoms with van der Waals surface area (Å²) in [5, 5.41) is 5.96. The smallest absolute Gasteiger partial charge is 0.233 e. The summed E-state index contributed by atoms with van der Waals surface area (Å²) in [7, 11) is 0. The van der Waals surface area contributed by atoms with Crippen LogP contribution in [0.2, 0.25) is 0 Å². The molecule has 0 saturated carbocycles. The second-order valence-corrected chi connectivity index (χ2v) is 5.37. The highest BCUT2D eigenvalue weighted by molar-refractivity contribution is 5.77. The molecule has 2 N–H and O–H groups in total. The number of ether oxygens (including phenoxy) is 1. The first-order chi connectivity index (χ1) is 9.58. The van der Waals surface area contributed by atoms with E-state index in [2.05, 4.69) is 24.5 Å². The molecule has 1 amide bonds. The van der Waals surface area contributed by atoms with Crippen molar-refractivity contribution >= 4 is 5.91 Å². The first-order valence-electron chi connectivity index (χ1n) is 7.25. The Hall–Kier alpha value is -1.55. The van der Waals surface area contributed by atoms with E-state index >= 15 is 0 Å². The lowest BCUT2D eigenvalue weighted by Crippen LogP contribution is -2.36. The van der Waals surface area contributed by atoms with Crippen molar-refractivity contribution < 1.29 is 9.53 Å². The van der Waals surface area contributed by atoms with Gasteiger partial charge in [-0.05, 0) is 37.0 Å². The second-order valence-electron chi connectivity index (χ2n) is 5.37. The molecule has 4 nitrogen and oxygen atoms in total. The Morgan fingerprint density at radius 1 is 1.30 bits per heavy atom. The summed E-state index contributed by atoms with van der Waals surface area (Å²) in [6, 6.07) is 7.94. The lowest BCUT2D eigenvalue weighted by Gasteiger charge is -2.09. The van der Waals surface area contributed by atoms with E-state index in [4.69, 9.17) is 4.74 Å². The number of hydrogen-bond acceptors (Lipinski definition) is 3. The van der Waals surface area contributed by atoms with Gasteiger partial charge in [-0.15, -0.1) is 0 Å². The van der Waals surface area contributed by atoms with Crippen molar-refractivity contribution in [3.05, 3.63) is 29.8 Å². The van der Waals surface area contributed by atoms with E-state index < -0.39 is 0 Å². The van der Waals surface area contributed by atoms with Gasteiger partial charge in [0.1, 0.15) is 12.4 Å². The van der Waals surface area contributed by atoms with Crippen LogP contribution in [0.25, 0.3) is 0 Å². The largest absolute Gasteiger partial charge is 0.492 e. The second kappa shape index (κ2) is 9.37. The minimum absolute atomic E-state index is 0.0428. The van der Waals surface area contributed by atoms with E-state index in [1.54, 1.807) is 0 Å².